The number of nitrogens with zero attached hydrogens (tertiary/aromatic N) is 2. The van der Waals surface area contributed by atoms with Crippen molar-refractivity contribution in [1.29, 1.82) is 0 Å². The van der Waals surface area contributed by atoms with Crippen LogP contribution in [0.5, 0.6) is 5.75 Å². The van der Waals surface area contributed by atoms with Crippen LogP contribution in [-0.4, -0.2) is 17.0 Å². The summed E-state index contributed by atoms with van der Waals surface area (Å²) in [5, 5.41) is 11.5. The van der Waals surface area contributed by atoms with Gasteiger partial charge in [0.1, 0.15) is 17.0 Å². The van der Waals surface area contributed by atoms with Crippen LogP contribution in [0.25, 0.3) is 10.9 Å². The first kappa shape index (κ1) is 11.9. The van der Waals surface area contributed by atoms with Gasteiger partial charge in [-0.1, -0.05) is 23.2 Å². The van der Waals surface area contributed by atoms with Crippen molar-refractivity contribution in [2.75, 3.05) is 7.11 Å². The monoisotopic (exact) mass is 272 g/mol. The first-order valence-electron chi connectivity index (χ1n) is 4.50. The Morgan fingerprint density at radius 1 is 1.41 bits per heavy atom. The molecule has 0 saturated carbocycles. The minimum atomic E-state index is -0.590. The summed E-state index contributed by atoms with van der Waals surface area (Å²) in [6, 6.07) is 3.07. The number of nitro groups is 1. The van der Waals surface area contributed by atoms with Gasteiger partial charge in [0.2, 0.25) is 0 Å². The SMILES string of the molecule is COc1cc2ncc([N+](=O)[O-])c(Cl)c2cc1Cl. The van der Waals surface area contributed by atoms with E-state index in [1.807, 2.05) is 0 Å². The fourth-order valence-electron chi connectivity index (χ4n) is 1.43. The first-order valence-corrected chi connectivity index (χ1v) is 5.26. The number of hydrogen-bond donors (Lipinski definition) is 0. The highest BCUT2D eigenvalue weighted by Crippen LogP contribution is 2.36. The number of rotatable bonds is 2. The largest absolute Gasteiger partial charge is 0.495 e. The number of benzene rings is 1. The summed E-state index contributed by atoms with van der Waals surface area (Å²) in [5.41, 5.74) is 0.238. The number of methoxy groups -OCH3 is 1. The van der Waals surface area contributed by atoms with Crippen LogP contribution in [0, 0.1) is 10.1 Å². The van der Waals surface area contributed by atoms with Gasteiger partial charge in [0, 0.05) is 11.5 Å². The van der Waals surface area contributed by atoms with Crippen LogP contribution in [0.4, 0.5) is 5.69 Å². The maximum atomic E-state index is 10.7. The lowest BCUT2D eigenvalue weighted by Crippen LogP contribution is -1.93. The normalized spacial score (nSPS) is 10.5. The number of fused-ring (bicyclic) bond motifs is 1. The molecule has 0 unspecified atom stereocenters. The van der Waals surface area contributed by atoms with Crippen molar-refractivity contribution in [3.05, 3.63) is 38.5 Å². The summed E-state index contributed by atoms with van der Waals surface area (Å²) in [5.74, 6) is 0.441. The summed E-state index contributed by atoms with van der Waals surface area (Å²) in [6.07, 6.45) is 1.11. The summed E-state index contributed by atoms with van der Waals surface area (Å²) in [6.45, 7) is 0. The average molecular weight is 273 g/mol. The Morgan fingerprint density at radius 2 is 2.12 bits per heavy atom. The van der Waals surface area contributed by atoms with E-state index in [0.717, 1.165) is 6.20 Å². The minimum absolute atomic E-state index is 0.0181. The van der Waals surface area contributed by atoms with E-state index in [9.17, 15) is 10.1 Å². The lowest BCUT2D eigenvalue weighted by Gasteiger charge is -2.06. The number of ether oxygens (including phenoxy) is 1. The zero-order valence-corrected chi connectivity index (χ0v) is 10.1. The zero-order valence-electron chi connectivity index (χ0n) is 8.61. The molecule has 5 nitrogen and oxygen atoms in total. The minimum Gasteiger partial charge on any atom is -0.495 e. The lowest BCUT2D eigenvalue weighted by atomic mass is 10.2. The Bertz CT molecular complexity index is 616. The Balaban J connectivity index is 2.78. The molecule has 0 radical (unpaired) electrons. The summed E-state index contributed by atoms with van der Waals surface area (Å²) < 4.78 is 5.02. The first-order chi connectivity index (χ1) is 8.04. The van der Waals surface area contributed by atoms with E-state index < -0.39 is 4.92 Å². The summed E-state index contributed by atoms with van der Waals surface area (Å²) in [7, 11) is 1.47. The Labute approximate surface area is 106 Å². The standard InChI is InChI=1S/C10H6Cl2N2O3/c1-17-9-3-7-5(2-6(9)11)10(12)8(4-13-7)14(15)16/h2-4H,1H3. The second-order valence-corrected chi connectivity index (χ2v) is 4.00. The molecule has 0 N–H and O–H groups in total. The Morgan fingerprint density at radius 3 is 2.71 bits per heavy atom. The zero-order chi connectivity index (χ0) is 12.6. The summed E-state index contributed by atoms with van der Waals surface area (Å²) >= 11 is 11.8. The van der Waals surface area contributed by atoms with Gasteiger partial charge in [-0.2, -0.15) is 0 Å². The smallest absolute Gasteiger partial charge is 0.306 e. The molecule has 0 amide bonds. The number of halogens is 2. The van der Waals surface area contributed by atoms with Crippen molar-refractivity contribution in [2.24, 2.45) is 0 Å². The molecule has 0 spiro atoms. The van der Waals surface area contributed by atoms with Crippen molar-refractivity contribution < 1.29 is 9.66 Å². The number of hydrogen-bond acceptors (Lipinski definition) is 4. The molecule has 0 saturated heterocycles. The molecule has 0 aliphatic heterocycles. The third-order valence-corrected chi connectivity index (χ3v) is 2.95. The topological polar surface area (TPSA) is 65.3 Å². The quantitative estimate of drug-likeness (QED) is 0.620. The Kier molecular flexibility index (Phi) is 3.04. The van der Waals surface area contributed by atoms with Crippen LogP contribution >= 0.6 is 23.2 Å². The van der Waals surface area contributed by atoms with Crippen LogP contribution in [0.1, 0.15) is 0 Å². The van der Waals surface area contributed by atoms with E-state index >= 15 is 0 Å². The molecule has 1 heterocycles. The molecule has 17 heavy (non-hydrogen) atoms. The van der Waals surface area contributed by atoms with Gasteiger partial charge in [0.05, 0.1) is 22.6 Å². The number of pyridine rings is 1. The van der Waals surface area contributed by atoms with Gasteiger partial charge in [0.15, 0.2) is 0 Å². The summed E-state index contributed by atoms with van der Waals surface area (Å²) in [4.78, 5) is 14.1. The van der Waals surface area contributed by atoms with Crippen LogP contribution in [0.15, 0.2) is 18.3 Å². The average Bonchev–Trinajstić information content (AvgIpc) is 2.29. The molecule has 0 aliphatic rings. The van der Waals surface area contributed by atoms with Gasteiger partial charge in [-0.05, 0) is 6.07 Å². The second kappa shape index (κ2) is 4.35. The molecule has 0 bridgehead atoms. The maximum absolute atomic E-state index is 10.7. The molecule has 88 valence electrons. The maximum Gasteiger partial charge on any atom is 0.306 e. The van der Waals surface area contributed by atoms with Gasteiger partial charge < -0.3 is 4.74 Å². The van der Waals surface area contributed by atoms with Gasteiger partial charge in [-0.15, -0.1) is 0 Å². The third kappa shape index (κ3) is 1.99. The van der Waals surface area contributed by atoms with E-state index in [-0.39, 0.29) is 10.7 Å². The molecular formula is C10H6Cl2N2O3. The van der Waals surface area contributed by atoms with E-state index in [2.05, 4.69) is 4.98 Å². The lowest BCUT2D eigenvalue weighted by molar-refractivity contribution is -0.384. The molecule has 0 fully saturated rings. The van der Waals surface area contributed by atoms with Crippen molar-refractivity contribution in [2.45, 2.75) is 0 Å². The van der Waals surface area contributed by atoms with Crippen molar-refractivity contribution in [3.63, 3.8) is 0 Å². The van der Waals surface area contributed by atoms with Crippen LogP contribution in [0.3, 0.4) is 0 Å². The molecule has 0 aliphatic carbocycles. The van der Waals surface area contributed by atoms with Crippen molar-refractivity contribution in [3.8, 4) is 5.75 Å². The van der Waals surface area contributed by atoms with Crippen molar-refractivity contribution >= 4 is 39.8 Å². The van der Waals surface area contributed by atoms with E-state index in [1.54, 1.807) is 6.07 Å². The van der Waals surface area contributed by atoms with Crippen LogP contribution < -0.4 is 4.74 Å². The van der Waals surface area contributed by atoms with Crippen LogP contribution in [-0.2, 0) is 0 Å². The predicted molar refractivity (Wildman–Crippen MR) is 65.0 cm³/mol. The molecule has 0 atom stereocenters. The molecular weight excluding hydrogens is 267 g/mol. The highest BCUT2D eigenvalue weighted by atomic mass is 35.5. The third-order valence-electron chi connectivity index (χ3n) is 2.25. The van der Waals surface area contributed by atoms with Crippen molar-refractivity contribution in [1.82, 2.24) is 4.98 Å². The van der Waals surface area contributed by atoms with Crippen LogP contribution in [0.2, 0.25) is 10.0 Å². The van der Waals surface area contributed by atoms with E-state index in [0.29, 0.717) is 21.7 Å². The van der Waals surface area contributed by atoms with E-state index in [4.69, 9.17) is 27.9 Å². The Hall–Kier alpha value is -1.59. The van der Waals surface area contributed by atoms with Gasteiger partial charge in [-0.25, -0.2) is 4.98 Å². The fraction of sp³-hybridized carbons (Fsp3) is 0.100. The molecule has 2 aromatic rings. The van der Waals surface area contributed by atoms with Gasteiger partial charge >= 0.3 is 5.69 Å². The predicted octanol–water partition coefficient (Wildman–Crippen LogP) is 3.46. The molecule has 1 aromatic heterocycles. The van der Waals surface area contributed by atoms with E-state index in [1.165, 1.54) is 13.2 Å². The molecule has 7 heteroatoms. The molecule has 2 rings (SSSR count). The van der Waals surface area contributed by atoms with Gasteiger partial charge in [0.25, 0.3) is 0 Å². The fourth-order valence-corrected chi connectivity index (χ4v) is 1.94. The highest BCUT2D eigenvalue weighted by molar-refractivity contribution is 6.38. The van der Waals surface area contributed by atoms with Gasteiger partial charge in [-0.3, -0.25) is 10.1 Å². The number of aromatic nitrogens is 1. The molecule has 1 aromatic carbocycles. The highest BCUT2D eigenvalue weighted by Gasteiger charge is 2.17. The second-order valence-electron chi connectivity index (χ2n) is 3.22.